The molecule has 0 bridgehead atoms. The lowest BCUT2D eigenvalue weighted by Crippen LogP contribution is -2.03. The predicted molar refractivity (Wildman–Crippen MR) is 71.2 cm³/mol. The molecule has 0 saturated heterocycles. The van der Waals surface area contributed by atoms with E-state index in [1.54, 1.807) is 19.9 Å². The molecule has 1 aromatic heterocycles. The van der Waals surface area contributed by atoms with E-state index in [1.165, 1.54) is 6.07 Å². The van der Waals surface area contributed by atoms with Crippen molar-refractivity contribution in [2.45, 2.75) is 13.8 Å². The number of hydrogen-bond donors (Lipinski definition) is 1. The van der Waals surface area contributed by atoms with E-state index < -0.39 is 28.3 Å². The highest BCUT2D eigenvalue weighted by Gasteiger charge is 2.22. The summed E-state index contributed by atoms with van der Waals surface area (Å²) in [7, 11) is 0. The number of benzene rings is 1. The molecule has 0 aliphatic carbocycles. The highest BCUT2D eigenvalue weighted by Crippen LogP contribution is 2.36. The Morgan fingerprint density at radius 1 is 1.24 bits per heavy atom. The van der Waals surface area contributed by atoms with E-state index in [-0.39, 0.29) is 11.4 Å². The number of rotatable bonds is 3. The normalized spacial score (nSPS) is 10.5. The Bertz CT molecular complexity index is 735. The van der Waals surface area contributed by atoms with E-state index in [2.05, 4.69) is 4.98 Å². The summed E-state index contributed by atoms with van der Waals surface area (Å²) in [6.45, 7) is 3.25. The zero-order chi connectivity index (χ0) is 15.7. The quantitative estimate of drug-likeness (QED) is 0.693. The summed E-state index contributed by atoms with van der Waals surface area (Å²) in [6.07, 6.45) is 0. The number of hydrogen-bond acceptors (Lipinski definition) is 5. The molecule has 1 heterocycles. The molecular formula is C13H11F2N3O3. The van der Waals surface area contributed by atoms with Crippen LogP contribution in [0, 0.1) is 35.6 Å². The first-order chi connectivity index (χ1) is 9.79. The fraction of sp³-hybridized carbons (Fsp3) is 0.154. The van der Waals surface area contributed by atoms with Crippen molar-refractivity contribution in [1.82, 2.24) is 4.98 Å². The lowest BCUT2D eigenvalue weighted by atomic mass is 10.1. The molecule has 0 amide bonds. The number of pyridine rings is 1. The summed E-state index contributed by atoms with van der Waals surface area (Å²) in [5, 5.41) is 11.0. The molecule has 1 aromatic carbocycles. The van der Waals surface area contributed by atoms with Gasteiger partial charge in [-0.25, -0.2) is 8.78 Å². The van der Waals surface area contributed by atoms with E-state index in [0.717, 1.165) is 0 Å². The molecule has 2 N–H and O–H groups in total. The van der Waals surface area contributed by atoms with E-state index >= 15 is 0 Å². The summed E-state index contributed by atoms with van der Waals surface area (Å²) >= 11 is 0. The number of ether oxygens (including phenoxy) is 1. The van der Waals surface area contributed by atoms with Crippen molar-refractivity contribution in [2.24, 2.45) is 0 Å². The van der Waals surface area contributed by atoms with Crippen LogP contribution in [-0.2, 0) is 0 Å². The van der Waals surface area contributed by atoms with Gasteiger partial charge >= 0.3 is 5.69 Å². The van der Waals surface area contributed by atoms with Crippen LogP contribution in [0.25, 0.3) is 0 Å². The van der Waals surface area contributed by atoms with Crippen LogP contribution in [0.2, 0.25) is 0 Å². The number of nitrogens with zero attached hydrogens (tertiary/aromatic N) is 2. The summed E-state index contributed by atoms with van der Waals surface area (Å²) in [6, 6.07) is 3.42. The monoisotopic (exact) mass is 295 g/mol. The number of aromatic nitrogens is 1. The smallest absolute Gasteiger partial charge is 0.312 e. The molecule has 0 aliphatic rings. The van der Waals surface area contributed by atoms with Gasteiger partial charge in [0.25, 0.3) is 5.88 Å². The maximum atomic E-state index is 13.6. The standard InChI is InChI=1S/C13H11F2N3O3/c1-6-3-7(2)11(10(4-6)18(19)20)21-13-9(15)5-8(14)12(16)17-13/h3-5H,1-2H3,(H2,16,17). The summed E-state index contributed by atoms with van der Waals surface area (Å²) in [4.78, 5) is 13.8. The van der Waals surface area contributed by atoms with Crippen molar-refractivity contribution in [3.05, 3.63) is 51.1 Å². The van der Waals surface area contributed by atoms with Gasteiger partial charge in [-0.1, -0.05) is 6.07 Å². The highest BCUT2D eigenvalue weighted by atomic mass is 19.1. The van der Waals surface area contributed by atoms with Crippen LogP contribution in [0.4, 0.5) is 20.3 Å². The lowest BCUT2D eigenvalue weighted by molar-refractivity contribution is -0.385. The largest absolute Gasteiger partial charge is 0.429 e. The minimum atomic E-state index is -1.10. The molecule has 0 spiro atoms. The van der Waals surface area contributed by atoms with Gasteiger partial charge in [-0.05, 0) is 25.0 Å². The summed E-state index contributed by atoms with van der Waals surface area (Å²) in [5.41, 5.74) is 5.97. The number of nitrogen functional groups attached to an aromatic ring is 1. The van der Waals surface area contributed by atoms with Crippen LogP contribution < -0.4 is 10.5 Å². The van der Waals surface area contributed by atoms with Gasteiger partial charge in [-0.15, -0.1) is 0 Å². The third-order valence-electron chi connectivity index (χ3n) is 2.72. The van der Waals surface area contributed by atoms with E-state index in [0.29, 0.717) is 17.2 Å². The first kappa shape index (κ1) is 14.6. The average molecular weight is 295 g/mol. The first-order valence-electron chi connectivity index (χ1n) is 5.84. The molecule has 0 fully saturated rings. The van der Waals surface area contributed by atoms with Crippen molar-refractivity contribution >= 4 is 11.5 Å². The molecule has 110 valence electrons. The van der Waals surface area contributed by atoms with Crippen molar-refractivity contribution in [3.8, 4) is 11.6 Å². The van der Waals surface area contributed by atoms with Gasteiger partial charge in [0, 0.05) is 12.1 Å². The number of aryl methyl sites for hydroxylation is 2. The third kappa shape index (κ3) is 2.88. The van der Waals surface area contributed by atoms with Crippen LogP contribution >= 0.6 is 0 Å². The fourth-order valence-electron chi connectivity index (χ4n) is 1.83. The average Bonchev–Trinajstić information content (AvgIpc) is 2.38. The Labute approximate surface area is 118 Å². The van der Waals surface area contributed by atoms with E-state index in [4.69, 9.17) is 10.5 Å². The Hall–Kier alpha value is -2.77. The summed E-state index contributed by atoms with van der Waals surface area (Å²) in [5.74, 6) is -3.48. The SMILES string of the molecule is Cc1cc(C)c(Oc2nc(N)c(F)cc2F)c([N+](=O)[O-])c1. The third-order valence-corrected chi connectivity index (χ3v) is 2.72. The molecule has 21 heavy (non-hydrogen) atoms. The first-order valence-corrected chi connectivity index (χ1v) is 5.84. The van der Waals surface area contributed by atoms with Crippen LogP contribution in [-0.4, -0.2) is 9.91 Å². The van der Waals surface area contributed by atoms with Gasteiger partial charge in [-0.2, -0.15) is 4.98 Å². The minimum absolute atomic E-state index is 0.164. The molecule has 8 heteroatoms. The van der Waals surface area contributed by atoms with Gasteiger partial charge < -0.3 is 10.5 Å². The van der Waals surface area contributed by atoms with Crippen molar-refractivity contribution in [2.75, 3.05) is 5.73 Å². The zero-order valence-electron chi connectivity index (χ0n) is 11.2. The van der Waals surface area contributed by atoms with Crippen LogP contribution in [0.3, 0.4) is 0 Å². The van der Waals surface area contributed by atoms with Gasteiger partial charge in [0.05, 0.1) is 4.92 Å². The molecule has 0 atom stereocenters. The summed E-state index contributed by atoms with van der Waals surface area (Å²) < 4.78 is 31.8. The van der Waals surface area contributed by atoms with Crippen molar-refractivity contribution in [1.29, 1.82) is 0 Å². The number of nitrogens with two attached hydrogens (primary N) is 1. The Kier molecular flexibility index (Phi) is 3.70. The van der Waals surface area contributed by atoms with Gasteiger partial charge in [0.15, 0.2) is 17.5 Å². The van der Waals surface area contributed by atoms with E-state index in [1.807, 2.05) is 0 Å². The minimum Gasteiger partial charge on any atom is -0.429 e. The van der Waals surface area contributed by atoms with Gasteiger partial charge in [-0.3, -0.25) is 10.1 Å². The van der Waals surface area contributed by atoms with Gasteiger partial charge in [0.2, 0.25) is 5.75 Å². The predicted octanol–water partition coefficient (Wildman–Crippen LogP) is 3.26. The zero-order valence-corrected chi connectivity index (χ0v) is 11.2. The molecular weight excluding hydrogens is 284 g/mol. The molecule has 0 unspecified atom stereocenters. The Balaban J connectivity index is 2.54. The number of nitro benzene ring substituents is 1. The molecule has 2 rings (SSSR count). The molecule has 6 nitrogen and oxygen atoms in total. The Morgan fingerprint density at radius 3 is 2.52 bits per heavy atom. The second kappa shape index (κ2) is 5.31. The topological polar surface area (TPSA) is 91.3 Å². The van der Waals surface area contributed by atoms with Crippen molar-refractivity contribution in [3.63, 3.8) is 0 Å². The highest BCUT2D eigenvalue weighted by molar-refractivity contribution is 5.55. The van der Waals surface area contributed by atoms with Crippen molar-refractivity contribution < 1.29 is 18.4 Å². The molecule has 0 saturated carbocycles. The molecule has 0 radical (unpaired) electrons. The van der Waals surface area contributed by atoms with Crippen LogP contribution in [0.1, 0.15) is 11.1 Å². The second-order valence-electron chi connectivity index (χ2n) is 4.43. The van der Waals surface area contributed by atoms with E-state index in [9.17, 15) is 18.9 Å². The molecule has 2 aromatic rings. The number of halogens is 2. The fourth-order valence-corrected chi connectivity index (χ4v) is 1.83. The van der Waals surface area contributed by atoms with Crippen LogP contribution in [0.15, 0.2) is 18.2 Å². The number of anilines is 1. The number of nitro groups is 1. The second-order valence-corrected chi connectivity index (χ2v) is 4.43. The van der Waals surface area contributed by atoms with Crippen LogP contribution in [0.5, 0.6) is 11.6 Å². The maximum Gasteiger partial charge on any atom is 0.312 e. The maximum absolute atomic E-state index is 13.6. The lowest BCUT2D eigenvalue weighted by Gasteiger charge is -2.10. The van der Waals surface area contributed by atoms with Gasteiger partial charge in [0.1, 0.15) is 0 Å². The molecule has 0 aliphatic heterocycles. The Morgan fingerprint density at radius 2 is 1.90 bits per heavy atom.